The third kappa shape index (κ3) is 2.57. The van der Waals surface area contributed by atoms with Crippen LogP contribution in [0.3, 0.4) is 0 Å². The summed E-state index contributed by atoms with van der Waals surface area (Å²) in [7, 11) is 0. The van der Waals surface area contributed by atoms with E-state index in [1.54, 1.807) is 4.90 Å². The van der Waals surface area contributed by atoms with Gasteiger partial charge in [-0.3, -0.25) is 0 Å². The van der Waals surface area contributed by atoms with Gasteiger partial charge >= 0.3 is 0 Å². The van der Waals surface area contributed by atoms with Crippen molar-refractivity contribution in [1.29, 1.82) is 0 Å². The first kappa shape index (κ1) is 12.6. The monoisotopic (exact) mass is 230 g/mol. The summed E-state index contributed by atoms with van der Waals surface area (Å²) < 4.78 is 26.6. The van der Waals surface area contributed by atoms with Crippen LogP contribution in [0, 0.1) is 11.6 Å². The van der Waals surface area contributed by atoms with Gasteiger partial charge in [-0.15, -0.1) is 0 Å². The van der Waals surface area contributed by atoms with Gasteiger partial charge in [0.25, 0.3) is 0 Å². The SMILES string of the molecule is CCCN(CC)c1nc(NN)c(F)cc1F. The molecule has 6 heteroatoms. The molecule has 3 N–H and O–H groups in total. The van der Waals surface area contributed by atoms with Gasteiger partial charge < -0.3 is 10.3 Å². The number of nitrogen functional groups attached to an aromatic ring is 1. The Hall–Kier alpha value is -1.43. The van der Waals surface area contributed by atoms with Gasteiger partial charge in [-0.05, 0) is 13.3 Å². The van der Waals surface area contributed by atoms with E-state index < -0.39 is 11.6 Å². The number of nitrogens with zero attached hydrogens (tertiary/aromatic N) is 2. The Morgan fingerprint density at radius 1 is 1.38 bits per heavy atom. The van der Waals surface area contributed by atoms with Crippen LogP contribution >= 0.6 is 0 Å². The van der Waals surface area contributed by atoms with Crippen molar-refractivity contribution in [3.05, 3.63) is 17.7 Å². The molecule has 0 atom stereocenters. The average molecular weight is 230 g/mol. The number of hydrazine groups is 1. The normalized spacial score (nSPS) is 10.3. The highest BCUT2D eigenvalue weighted by atomic mass is 19.1. The Kier molecular flexibility index (Phi) is 4.42. The fourth-order valence-corrected chi connectivity index (χ4v) is 1.46. The number of halogens is 2. The molecule has 1 aromatic heterocycles. The van der Waals surface area contributed by atoms with Crippen LogP contribution in [0.5, 0.6) is 0 Å². The molecule has 0 aliphatic carbocycles. The van der Waals surface area contributed by atoms with E-state index in [1.807, 2.05) is 13.8 Å². The number of hydrogen-bond donors (Lipinski definition) is 2. The highest BCUT2D eigenvalue weighted by molar-refractivity contribution is 5.48. The lowest BCUT2D eigenvalue weighted by Gasteiger charge is -2.22. The number of pyridine rings is 1. The molecule has 0 unspecified atom stereocenters. The lowest BCUT2D eigenvalue weighted by Crippen LogP contribution is -2.26. The second kappa shape index (κ2) is 5.60. The topological polar surface area (TPSA) is 54.2 Å². The third-order valence-electron chi connectivity index (χ3n) is 2.22. The first-order valence-electron chi connectivity index (χ1n) is 5.21. The number of aromatic nitrogens is 1. The fourth-order valence-electron chi connectivity index (χ4n) is 1.46. The number of nitrogens with two attached hydrogens (primary N) is 1. The molecule has 0 amide bonds. The maximum atomic E-state index is 13.5. The van der Waals surface area contributed by atoms with Gasteiger partial charge in [-0.2, -0.15) is 0 Å². The van der Waals surface area contributed by atoms with Gasteiger partial charge in [0.05, 0.1) is 0 Å². The van der Waals surface area contributed by atoms with Gasteiger partial charge in [0.2, 0.25) is 0 Å². The quantitative estimate of drug-likeness (QED) is 0.599. The molecule has 0 fully saturated rings. The van der Waals surface area contributed by atoms with Crippen molar-refractivity contribution in [2.45, 2.75) is 20.3 Å². The molecule has 16 heavy (non-hydrogen) atoms. The standard InChI is InChI=1S/C10H16F2N4/c1-3-5-16(4-2)10-8(12)6-7(11)9(14-10)15-13/h6H,3-5,13H2,1-2H3,(H,14,15). The van der Waals surface area contributed by atoms with Crippen molar-refractivity contribution in [2.75, 3.05) is 23.4 Å². The Morgan fingerprint density at radius 3 is 2.56 bits per heavy atom. The van der Waals surface area contributed by atoms with E-state index in [9.17, 15) is 8.78 Å². The van der Waals surface area contributed by atoms with E-state index >= 15 is 0 Å². The molecule has 0 radical (unpaired) electrons. The summed E-state index contributed by atoms with van der Waals surface area (Å²) in [4.78, 5) is 5.55. The Labute approximate surface area is 93.4 Å². The van der Waals surface area contributed by atoms with E-state index in [1.165, 1.54) is 0 Å². The summed E-state index contributed by atoms with van der Waals surface area (Å²) in [5, 5.41) is 0. The van der Waals surface area contributed by atoms with Crippen LogP contribution in [-0.4, -0.2) is 18.1 Å². The van der Waals surface area contributed by atoms with Gasteiger partial charge in [-0.1, -0.05) is 6.92 Å². The maximum Gasteiger partial charge on any atom is 0.178 e. The number of hydrogen-bond acceptors (Lipinski definition) is 4. The van der Waals surface area contributed by atoms with Crippen LogP contribution < -0.4 is 16.2 Å². The summed E-state index contributed by atoms with van der Waals surface area (Å²) in [6.07, 6.45) is 0.859. The van der Waals surface area contributed by atoms with E-state index in [0.29, 0.717) is 13.1 Å². The summed E-state index contributed by atoms with van der Waals surface area (Å²) in [5.41, 5.74) is 2.10. The molecular weight excluding hydrogens is 214 g/mol. The second-order valence-electron chi connectivity index (χ2n) is 3.35. The molecule has 0 spiro atoms. The number of nitrogens with one attached hydrogen (secondary N) is 1. The van der Waals surface area contributed by atoms with Gasteiger partial charge in [-0.25, -0.2) is 19.6 Å². The van der Waals surface area contributed by atoms with Crippen LogP contribution in [0.1, 0.15) is 20.3 Å². The maximum absolute atomic E-state index is 13.5. The molecule has 1 rings (SSSR count). The summed E-state index contributed by atoms with van der Waals surface area (Å²) in [5.74, 6) is 3.60. The largest absolute Gasteiger partial charge is 0.354 e. The minimum absolute atomic E-state index is 0.124. The molecule has 0 aliphatic rings. The van der Waals surface area contributed by atoms with Crippen molar-refractivity contribution in [1.82, 2.24) is 4.98 Å². The van der Waals surface area contributed by atoms with Crippen molar-refractivity contribution in [2.24, 2.45) is 5.84 Å². The predicted octanol–water partition coefficient (Wildman–Crippen LogP) is 1.88. The average Bonchev–Trinajstić information content (AvgIpc) is 2.27. The van der Waals surface area contributed by atoms with Gasteiger partial charge in [0.15, 0.2) is 23.3 Å². The molecule has 90 valence electrons. The van der Waals surface area contributed by atoms with Crippen molar-refractivity contribution >= 4 is 11.6 Å². The second-order valence-corrected chi connectivity index (χ2v) is 3.35. The highest BCUT2D eigenvalue weighted by Crippen LogP contribution is 2.21. The summed E-state index contributed by atoms with van der Waals surface area (Å²) in [6, 6.07) is 0.788. The Balaban J connectivity index is 3.10. The van der Waals surface area contributed by atoms with Gasteiger partial charge in [0.1, 0.15) is 0 Å². The van der Waals surface area contributed by atoms with E-state index in [4.69, 9.17) is 5.84 Å². The van der Waals surface area contributed by atoms with Crippen LogP contribution in [-0.2, 0) is 0 Å². The first-order valence-corrected chi connectivity index (χ1v) is 5.21. The molecule has 0 saturated heterocycles. The van der Waals surface area contributed by atoms with Gasteiger partial charge in [0, 0.05) is 19.2 Å². The molecule has 0 aliphatic heterocycles. The fraction of sp³-hybridized carbons (Fsp3) is 0.500. The summed E-state index contributed by atoms with van der Waals surface area (Å²) in [6.45, 7) is 5.13. The first-order chi connectivity index (χ1) is 7.63. The zero-order chi connectivity index (χ0) is 12.1. The van der Waals surface area contributed by atoms with Crippen molar-refractivity contribution in [3.8, 4) is 0 Å². The third-order valence-corrected chi connectivity index (χ3v) is 2.22. The molecule has 0 bridgehead atoms. The minimum Gasteiger partial charge on any atom is -0.354 e. The molecular formula is C10H16F2N4. The predicted molar refractivity (Wildman–Crippen MR) is 60.1 cm³/mol. The van der Waals surface area contributed by atoms with Crippen LogP contribution in [0.15, 0.2) is 6.07 Å². The minimum atomic E-state index is -0.795. The molecule has 1 aromatic rings. The van der Waals surface area contributed by atoms with Crippen LogP contribution in [0.4, 0.5) is 20.4 Å². The van der Waals surface area contributed by atoms with Crippen LogP contribution in [0.2, 0.25) is 0 Å². The number of rotatable bonds is 5. The molecule has 1 heterocycles. The van der Waals surface area contributed by atoms with E-state index in [2.05, 4.69) is 10.4 Å². The summed E-state index contributed by atoms with van der Waals surface area (Å²) >= 11 is 0. The number of anilines is 2. The highest BCUT2D eigenvalue weighted by Gasteiger charge is 2.15. The van der Waals surface area contributed by atoms with Crippen molar-refractivity contribution in [3.63, 3.8) is 0 Å². The Bertz CT molecular complexity index is 357. The Morgan fingerprint density at radius 2 is 2.06 bits per heavy atom. The zero-order valence-corrected chi connectivity index (χ0v) is 9.43. The van der Waals surface area contributed by atoms with Crippen molar-refractivity contribution < 1.29 is 8.78 Å². The molecule has 0 saturated carbocycles. The van der Waals surface area contributed by atoms with Crippen LogP contribution in [0.25, 0.3) is 0 Å². The zero-order valence-electron chi connectivity index (χ0n) is 9.43. The van der Waals surface area contributed by atoms with E-state index in [0.717, 1.165) is 12.5 Å². The lowest BCUT2D eigenvalue weighted by molar-refractivity contribution is 0.569. The lowest BCUT2D eigenvalue weighted by atomic mass is 10.3. The molecule has 0 aromatic carbocycles. The van der Waals surface area contributed by atoms with E-state index in [-0.39, 0.29) is 11.6 Å². The smallest absolute Gasteiger partial charge is 0.178 e. The molecule has 4 nitrogen and oxygen atoms in total.